The molecule has 2 aliphatic rings. The Balaban J connectivity index is 1.62. The summed E-state index contributed by atoms with van der Waals surface area (Å²) in [6.07, 6.45) is 3.09. The lowest BCUT2D eigenvalue weighted by Gasteiger charge is -2.40. The van der Waals surface area contributed by atoms with Crippen molar-refractivity contribution >= 4 is 35.2 Å². The molecule has 4 N–H and O–H groups in total. The van der Waals surface area contributed by atoms with Crippen molar-refractivity contribution in [3.63, 3.8) is 0 Å². The highest BCUT2D eigenvalue weighted by atomic mass is 35.5. The van der Waals surface area contributed by atoms with Gasteiger partial charge in [0.2, 0.25) is 5.91 Å². The molecular formula is C24H36ClN5O5. The van der Waals surface area contributed by atoms with E-state index >= 15 is 0 Å². The molecule has 0 aromatic heterocycles. The Hall–Kier alpha value is -2.72. The van der Waals surface area contributed by atoms with Crippen LogP contribution in [0.4, 0.5) is 10.5 Å². The SMILES string of the molecule is COc1cc(N)c(Cl)cc1C(=O)N[C@H]1CCN(CCCC(=O)N2CCCC2)C[C@H]1CN(C)C(=O)O. The monoisotopic (exact) mass is 509 g/mol. The molecule has 0 radical (unpaired) electrons. The number of carbonyl (C=O) groups excluding carboxylic acids is 2. The molecule has 2 heterocycles. The number of carbonyl (C=O) groups is 3. The zero-order valence-electron chi connectivity index (χ0n) is 20.5. The standard InChI is InChI=1S/C24H36ClN5O5/c1-28(24(33)34)14-16-15-29(8-5-6-22(31)30-9-3-4-10-30)11-7-20(16)27-23(32)17-12-18(25)19(26)13-21(17)35-2/h12-13,16,20H,3-11,14-15,26H2,1-2H3,(H,27,32)(H,33,34)/t16-,20+/m1/s1. The van der Waals surface area contributed by atoms with Gasteiger partial charge in [-0.25, -0.2) is 4.79 Å². The van der Waals surface area contributed by atoms with E-state index in [4.69, 9.17) is 22.1 Å². The number of nitrogens with zero attached hydrogens (tertiary/aromatic N) is 3. The summed E-state index contributed by atoms with van der Waals surface area (Å²) in [5.74, 6) is 0.0753. The highest BCUT2D eigenvalue weighted by Crippen LogP contribution is 2.29. The maximum atomic E-state index is 13.1. The van der Waals surface area contributed by atoms with Gasteiger partial charge in [0.25, 0.3) is 5.91 Å². The number of nitrogens with one attached hydrogen (secondary N) is 1. The molecule has 0 spiro atoms. The number of piperidine rings is 1. The molecule has 2 saturated heterocycles. The lowest BCUT2D eigenvalue weighted by molar-refractivity contribution is -0.130. The Morgan fingerprint density at radius 2 is 1.97 bits per heavy atom. The molecule has 1 aromatic rings. The Bertz CT molecular complexity index is 924. The highest BCUT2D eigenvalue weighted by molar-refractivity contribution is 6.33. The van der Waals surface area contributed by atoms with Crippen LogP contribution in [0.25, 0.3) is 0 Å². The van der Waals surface area contributed by atoms with Crippen LogP contribution in [0.3, 0.4) is 0 Å². The predicted molar refractivity (Wildman–Crippen MR) is 134 cm³/mol. The van der Waals surface area contributed by atoms with E-state index in [2.05, 4.69) is 10.2 Å². The smallest absolute Gasteiger partial charge is 0.407 e. The van der Waals surface area contributed by atoms with Crippen molar-refractivity contribution in [3.8, 4) is 5.75 Å². The lowest BCUT2D eigenvalue weighted by atomic mass is 9.91. The highest BCUT2D eigenvalue weighted by Gasteiger charge is 2.33. The third-order valence-corrected chi connectivity index (χ3v) is 7.18. The van der Waals surface area contributed by atoms with E-state index < -0.39 is 6.09 Å². The van der Waals surface area contributed by atoms with Crippen LogP contribution in [-0.4, -0.2) is 97.2 Å². The van der Waals surface area contributed by atoms with E-state index in [1.54, 1.807) is 0 Å². The van der Waals surface area contributed by atoms with E-state index in [9.17, 15) is 19.5 Å². The van der Waals surface area contributed by atoms with Gasteiger partial charge in [-0.05, 0) is 38.3 Å². The van der Waals surface area contributed by atoms with Crippen molar-refractivity contribution in [1.29, 1.82) is 0 Å². The van der Waals surface area contributed by atoms with Gasteiger partial charge in [0.1, 0.15) is 5.75 Å². The number of rotatable bonds is 9. The third-order valence-electron chi connectivity index (χ3n) is 6.86. The van der Waals surface area contributed by atoms with Gasteiger partial charge < -0.3 is 35.6 Å². The van der Waals surface area contributed by atoms with Gasteiger partial charge in [-0.15, -0.1) is 0 Å². The minimum atomic E-state index is -1.02. The molecule has 0 unspecified atom stereocenters. The molecule has 10 nitrogen and oxygen atoms in total. The van der Waals surface area contributed by atoms with Gasteiger partial charge in [-0.3, -0.25) is 9.59 Å². The van der Waals surface area contributed by atoms with Gasteiger partial charge in [-0.1, -0.05) is 11.6 Å². The van der Waals surface area contributed by atoms with Gasteiger partial charge in [0.05, 0.1) is 23.4 Å². The van der Waals surface area contributed by atoms with Gasteiger partial charge in [-0.2, -0.15) is 0 Å². The molecule has 35 heavy (non-hydrogen) atoms. The number of ether oxygens (including phenoxy) is 1. The summed E-state index contributed by atoms with van der Waals surface area (Å²) in [6.45, 7) is 4.13. The number of hydrogen-bond acceptors (Lipinski definition) is 6. The fourth-order valence-corrected chi connectivity index (χ4v) is 5.02. The molecule has 194 valence electrons. The van der Waals surface area contributed by atoms with E-state index in [0.717, 1.165) is 45.4 Å². The van der Waals surface area contributed by atoms with Crippen molar-refractivity contribution in [1.82, 2.24) is 20.0 Å². The van der Waals surface area contributed by atoms with Crippen LogP contribution in [0.5, 0.6) is 5.75 Å². The van der Waals surface area contributed by atoms with Crippen LogP contribution in [0.2, 0.25) is 5.02 Å². The largest absolute Gasteiger partial charge is 0.496 e. The summed E-state index contributed by atoms with van der Waals surface area (Å²) in [5, 5.41) is 12.7. The molecule has 0 bridgehead atoms. The molecule has 2 fully saturated rings. The van der Waals surface area contributed by atoms with Crippen LogP contribution >= 0.6 is 11.6 Å². The molecule has 2 atom stereocenters. The number of anilines is 1. The average Bonchev–Trinajstić information content (AvgIpc) is 3.37. The first-order valence-electron chi connectivity index (χ1n) is 12.1. The lowest BCUT2D eigenvalue weighted by Crippen LogP contribution is -2.54. The zero-order chi connectivity index (χ0) is 25.5. The Morgan fingerprint density at radius 1 is 1.26 bits per heavy atom. The Kier molecular flexibility index (Phi) is 9.45. The Morgan fingerprint density at radius 3 is 2.63 bits per heavy atom. The number of carboxylic acid groups (broad SMARTS) is 1. The first-order valence-corrected chi connectivity index (χ1v) is 12.5. The van der Waals surface area contributed by atoms with E-state index in [-0.39, 0.29) is 40.9 Å². The molecule has 3 rings (SSSR count). The fourth-order valence-electron chi connectivity index (χ4n) is 4.86. The maximum absolute atomic E-state index is 13.1. The second-order valence-corrected chi connectivity index (χ2v) is 9.77. The number of methoxy groups -OCH3 is 1. The maximum Gasteiger partial charge on any atom is 0.407 e. The van der Waals surface area contributed by atoms with Crippen molar-refractivity contribution in [2.75, 3.05) is 59.2 Å². The molecule has 2 aliphatic heterocycles. The van der Waals surface area contributed by atoms with Crippen LogP contribution in [0.15, 0.2) is 12.1 Å². The number of hydrogen-bond donors (Lipinski definition) is 3. The topological polar surface area (TPSA) is 128 Å². The summed E-state index contributed by atoms with van der Waals surface area (Å²) < 4.78 is 5.31. The van der Waals surface area contributed by atoms with Crippen LogP contribution in [-0.2, 0) is 4.79 Å². The molecule has 1 aromatic carbocycles. The summed E-state index contributed by atoms with van der Waals surface area (Å²) in [6, 6.07) is 2.77. The van der Waals surface area contributed by atoms with Crippen LogP contribution in [0, 0.1) is 5.92 Å². The first-order chi connectivity index (χ1) is 16.7. The van der Waals surface area contributed by atoms with Crippen LogP contribution < -0.4 is 15.8 Å². The quantitative estimate of drug-likeness (QED) is 0.436. The number of halogens is 1. The van der Waals surface area contributed by atoms with Crippen LogP contribution in [0.1, 0.15) is 42.5 Å². The molecule has 3 amide bonds. The van der Waals surface area contributed by atoms with Gasteiger partial charge >= 0.3 is 6.09 Å². The van der Waals surface area contributed by atoms with Crippen molar-refractivity contribution in [2.45, 2.75) is 38.1 Å². The fraction of sp³-hybridized carbons (Fsp3) is 0.625. The van der Waals surface area contributed by atoms with Crippen molar-refractivity contribution < 1.29 is 24.2 Å². The summed E-state index contributed by atoms with van der Waals surface area (Å²) in [7, 11) is 2.98. The average molecular weight is 510 g/mol. The number of nitrogen functional groups attached to an aromatic ring is 1. The van der Waals surface area contributed by atoms with Gasteiger partial charge in [0.15, 0.2) is 0 Å². The summed E-state index contributed by atoms with van der Waals surface area (Å²) >= 11 is 6.13. The molecule has 0 aliphatic carbocycles. The summed E-state index contributed by atoms with van der Waals surface area (Å²) in [5.41, 5.74) is 6.42. The van der Waals surface area contributed by atoms with Crippen molar-refractivity contribution in [3.05, 3.63) is 22.7 Å². The van der Waals surface area contributed by atoms with E-state index in [1.165, 1.54) is 31.2 Å². The van der Waals surface area contributed by atoms with E-state index in [0.29, 0.717) is 30.8 Å². The zero-order valence-corrected chi connectivity index (χ0v) is 21.2. The third kappa shape index (κ3) is 7.14. The molecular weight excluding hydrogens is 474 g/mol. The van der Waals surface area contributed by atoms with Gasteiger partial charge in [0, 0.05) is 64.2 Å². The number of likely N-dealkylation sites (tertiary alicyclic amines) is 2. The number of amides is 3. The molecule has 11 heteroatoms. The van der Waals surface area contributed by atoms with Crippen molar-refractivity contribution in [2.24, 2.45) is 5.92 Å². The minimum Gasteiger partial charge on any atom is -0.496 e. The summed E-state index contributed by atoms with van der Waals surface area (Å²) in [4.78, 5) is 42.3. The number of nitrogens with two attached hydrogens (primary N) is 1. The normalized spacial score (nSPS) is 20.5. The Labute approximate surface area is 211 Å². The number of benzene rings is 1. The predicted octanol–water partition coefficient (Wildman–Crippen LogP) is 2.36. The first kappa shape index (κ1) is 26.9. The second kappa shape index (κ2) is 12.3. The van der Waals surface area contributed by atoms with E-state index in [1.807, 2.05) is 4.90 Å². The second-order valence-electron chi connectivity index (χ2n) is 9.36. The molecule has 0 saturated carbocycles. The minimum absolute atomic E-state index is 0.113.